The summed E-state index contributed by atoms with van der Waals surface area (Å²) >= 11 is 5.34. The van der Waals surface area contributed by atoms with E-state index in [1.165, 1.54) is 31.4 Å². The Hall–Kier alpha value is -0.500. The van der Waals surface area contributed by atoms with Crippen LogP contribution in [-0.4, -0.2) is 0 Å². The van der Waals surface area contributed by atoms with E-state index in [0.29, 0.717) is 0 Å². The zero-order valence-electron chi connectivity index (χ0n) is 8.50. The third-order valence-electron chi connectivity index (χ3n) is 2.31. The Balaban J connectivity index is 2.43. The van der Waals surface area contributed by atoms with Gasteiger partial charge in [-0.15, -0.1) is 0 Å². The van der Waals surface area contributed by atoms with Crippen LogP contribution in [0.15, 0.2) is 24.3 Å². The fraction of sp³-hybridized carbons (Fsp3) is 0.500. The molecule has 0 nitrogen and oxygen atoms in total. The molecule has 0 heterocycles. The molecular formula is C12H16FS. The molecule has 1 aromatic carbocycles. The van der Waals surface area contributed by atoms with Gasteiger partial charge < -0.3 is 0 Å². The van der Waals surface area contributed by atoms with Crippen LogP contribution in [0.1, 0.15) is 43.4 Å². The molecule has 1 atom stereocenters. The maximum absolute atomic E-state index is 12.6. The van der Waals surface area contributed by atoms with Crippen molar-refractivity contribution in [3.8, 4) is 0 Å². The first-order chi connectivity index (χ1) is 6.74. The molecule has 1 unspecified atom stereocenters. The SMILES string of the molecule is CCCCCC([S])c1ccc(F)cc1. The number of hydrogen-bond acceptors (Lipinski definition) is 0. The van der Waals surface area contributed by atoms with Gasteiger partial charge in [-0.25, -0.2) is 4.39 Å². The van der Waals surface area contributed by atoms with Crippen LogP contribution in [0, 0.1) is 5.82 Å². The molecule has 0 amide bonds. The molecule has 2 heteroatoms. The third kappa shape index (κ3) is 3.70. The van der Waals surface area contributed by atoms with Gasteiger partial charge in [0.05, 0.1) is 0 Å². The van der Waals surface area contributed by atoms with Gasteiger partial charge in [0.1, 0.15) is 5.82 Å². The van der Waals surface area contributed by atoms with E-state index in [1.54, 1.807) is 12.1 Å². The highest BCUT2D eigenvalue weighted by molar-refractivity contribution is 7.80. The Labute approximate surface area is 90.9 Å². The molecule has 0 aliphatic rings. The largest absolute Gasteiger partial charge is 0.207 e. The number of hydrogen-bond donors (Lipinski definition) is 0. The highest BCUT2D eigenvalue weighted by Crippen LogP contribution is 2.25. The first-order valence-corrected chi connectivity index (χ1v) is 5.62. The summed E-state index contributed by atoms with van der Waals surface area (Å²) < 4.78 is 12.6. The molecule has 0 fully saturated rings. The summed E-state index contributed by atoms with van der Waals surface area (Å²) in [6.45, 7) is 2.18. The molecule has 0 saturated heterocycles. The van der Waals surface area contributed by atoms with Crippen molar-refractivity contribution in [1.82, 2.24) is 0 Å². The minimum absolute atomic E-state index is 0.141. The van der Waals surface area contributed by atoms with Gasteiger partial charge in [0, 0.05) is 5.25 Å². The summed E-state index contributed by atoms with van der Waals surface area (Å²) in [5, 5.41) is 0.141. The standard InChI is InChI=1S/C12H16FS/c1-2-3-4-5-12(14)10-6-8-11(13)9-7-10/h6-9,12H,2-5H2,1H3. The Kier molecular flexibility index (Phi) is 5.02. The lowest BCUT2D eigenvalue weighted by atomic mass is 10.1. The lowest BCUT2D eigenvalue weighted by Gasteiger charge is -2.09. The van der Waals surface area contributed by atoms with Gasteiger partial charge in [-0.05, 0) is 24.1 Å². The van der Waals surface area contributed by atoms with E-state index in [0.717, 1.165) is 12.0 Å². The van der Waals surface area contributed by atoms with E-state index in [2.05, 4.69) is 6.92 Å². The van der Waals surface area contributed by atoms with Gasteiger partial charge in [-0.1, -0.05) is 50.9 Å². The topological polar surface area (TPSA) is 0 Å². The molecule has 1 rings (SSSR count). The van der Waals surface area contributed by atoms with Crippen molar-refractivity contribution >= 4 is 12.6 Å². The number of unbranched alkanes of at least 4 members (excludes halogenated alkanes) is 2. The van der Waals surface area contributed by atoms with Gasteiger partial charge in [-0.3, -0.25) is 0 Å². The first kappa shape index (κ1) is 11.6. The van der Waals surface area contributed by atoms with Crippen LogP contribution in [0.25, 0.3) is 0 Å². The maximum Gasteiger partial charge on any atom is 0.123 e. The van der Waals surface area contributed by atoms with Crippen LogP contribution in [0.3, 0.4) is 0 Å². The molecule has 0 aromatic heterocycles. The molecule has 14 heavy (non-hydrogen) atoms. The van der Waals surface area contributed by atoms with Crippen LogP contribution < -0.4 is 0 Å². The van der Waals surface area contributed by atoms with Crippen molar-refractivity contribution in [1.29, 1.82) is 0 Å². The minimum Gasteiger partial charge on any atom is -0.207 e. The van der Waals surface area contributed by atoms with Gasteiger partial charge >= 0.3 is 0 Å². The summed E-state index contributed by atoms with van der Waals surface area (Å²) in [5.41, 5.74) is 1.07. The third-order valence-corrected chi connectivity index (χ3v) is 2.82. The Morgan fingerprint density at radius 3 is 2.43 bits per heavy atom. The van der Waals surface area contributed by atoms with E-state index < -0.39 is 0 Å². The minimum atomic E-state index is -0.190. The van der Waals surface area contributed by atoms with E-state index in [4.69, 9.17) is 12.6 Å². The summed E-state index contributed by atoms with van der Waals surface area (Å²) in [6, 6.07) is 6.54. The first-order valence-electron chi connectivity index (χ1n) is 5.15. The molecule has 0 bridgehead atoms. The summed E-state index contributed by atoms with van der Waals surface area (Å²) in [5.74, 6) is -0.190. The summed E-state index contributed by atoms with van der Waals surface area (Å²) in [6.07, 6.45) is 4.64. The van der Waals surface area contributed by atoms with Crippen molar-refractivity contribution in [2.45, 2.75) is 37.9 Å². The average Bonchev–Trinajstić information content (AvgIpc) is 2.19. The Morgan fingerprint density at radius 2 is 1.86 bits per heavy atom. The lowest BCUT2D eigenvalue weighted by Crippen LogP contribution is -1.91. The predicted molar refractivity (Wildman–Crippen MR) is 60.9 cm³/mol. The quantitative estimate of drug-likeness (QED) is 0.622. The van der Waals surface area contributed by atoms with Crippen molar-refractivity contribution in [2.24, 2.45) is 0 Å². The second kappa shape index (κ2) is 6.07. The van der Waals surface area contributed by atoms with Crippen molar-refractivity contribution < 1.29 is 4.39 Å². The van der Waals surface area contributed by atoms with Gasteiger partial charge in [-0.2, -0.15) is 0 Å². The summed E-state index contributed by atoms with van der Waals surface area (Å²) in [7, 11) is 0. The Bertz CT molecular complexity index is 256. The lowest BCUT2D eigenvalue weighted by molar-refractivity contribution is 0.624. The number of halogens is 1. The zero-order valence-corrected chi connectivity index (χ0v) is 9.32. The van der Waals surface area contributed by atoms with E-state index in [9.17, 15) is 4.39 Å². The van der Waals surface area contributed by atoms with Crippen molar-refractivity contribution in [3.63, 3.8) is 0 Å². The second-order valence-electron chi connectivity index (χ2n) is 3.54. The smallest absolute Gasteiger partial charge is 0.123 e. The fourth-order valence-corrected chi connectivity index (χ4v) is 1.75. The van der Waals surface area contributed by atoms with Crippen LogP contribution in [0.4, 0.5) is 4.39 Å². The molecule has 0 spiro atoms. The van der Waals surface area contributed by atoms with E-state index in [1.807, 2.05) is 0 Å². The van der Waals surface area contributed by atoms with Gasteiger partial charge in [0.25, 0.3) is 0 Å². The second-order valence-corrected chi connectivity index (χ2v) is 4.11. The van der Waals surface area contributed by atoms with Crippen LogP contribution in [-0.2, 0) is 0 Å². The molecule has 1 radical (unpaired) electrons. The zero-order chi connectivity index (χ0) is 10.4. The highest BCUT2D eigenvalue weighted by atomic mass is 32.1. The molecule has 0 N–H and O–H groups in total. The van der Waals surface area contributed by atoms with Crippen molar-refractivity contribution in [2.75, 3.05) is 0 Å². The van der Waals surface area contributed by atoms with Crippen LogP contribution >= 0.6 is 12.6 Å². The molecule has 77 valence electrons. The number of benzene rings is 1. The summed E-state index contributed by atoms with van der Waals surface area (Å²) in [4.78, 5) is 0. The highest BCUT2D eigenvalue weighted by Gasteiger charge is 2.06. The van der Waals surface area contributed by atoms with Crippen LogP contribution in [0.5, 0.6) is 0 Å². The van der Waals surface area contributed by atoms with Crippen LogP contribution in [0.2, 0.25) is 0 Å². The maximum atomic E-state index is 12.6. The van der Waals surface area contributed by atoms with E-state index >= 15 is 0 Å². The molecule has 0 aliphatic carbocycles. The monoisotopic (exact) mass is 211 g/mol. The normalized spacial score (nSPS) is 12.8. The van der Waals surface area contributed by atoms with Gasteiger partial charge in [0.2, 0.25) is 0 Å². The van der Waals surface area contributed by atoms with E-state index in [-0.39, 0.29) is 11.1 Å². The molecule has 0 saturated carbocycles. The fourth-order valence-electron chi connectivity index (χ4n) is 1.42. The average molecular weight is 211 g/mol. The van der Waals surface area contributed by atoms with Gasteiger partial charge in [0.15, 0.2) is 0 Å². The molecular weight excluding hydrogens is 195 g/mol. The molecule has 0 aliphatic heterocycles. The molecule has 1 aromatic rings. The predicted octanol–water partition coefficient (Wildman–Crippen LogP) is 4.64. The Morgan fingerprint density at radius 1 is 1.21 bits per heavy atom. The van der Waals surface area contributed by atoms with Crippen molar-refractivity contribution in [3.05, 3.63) is 35.6 Å². The number of rotatable bonds is 5.